The maximum Gasteiger partial charge on any atom is 0.411 e. The number of carbonyl (C=O) groups excluding carboxylic acids is 2. The smallest absolute Gasteiger partial charge is 0.411 e. The number of nitrogens with one attached hydrogen (secondary N) is 1. The van der Waals surface area contributed by atoms with Gasteiger partial charge in [-0.25, -0.2) is 9.59 Å². The first-order chi connectivity index (χ1) is 24.6. The zero-order valence-electron chi connectivity index (χ0n) is 27.2. The van der Waals surface area contributed by atoms with Crippen LogP contribution >= 0.6 is 23.4 Å². The second kappa shape index (κ2) is 17.0. The number of thioether (sulfide) groups is 1. The summed E-state index contributed by atoms with van der Waals surface area (Å²) in [6.45, 7) is -0.408. The Morgan fingerprint density at radius 1 is 0.902 bits per heavy atom. The number of ether oxygens (including phenoxy) is 7. The van der Waals surface area contributed by atoms with Gasteiger partial charge in [0.1, 0.15) is 60.9 Å². The lowest BCUT2D eigenvalue weighted by Gasteiger charge is -2.48. The Kier molecular flexibility index (Phi) is 12.5. The molecule has 3 aliphatic rings. The monoisotopic (exact) mass is 747 g/mol. The molecule has 3 aromatic carbocycles. The normalized spacial score (nSPS) is 32.0. The molecule has 1 unspecified atom stereocenters. The third-order valence-corrected chi connectivity index (χ3v) is 10.1. The van der Waals surface area contributed by atoms with Gasteiger partial charge in [0.05, 0.1) is 30.0 Å². The van der Waals surface area contributed by atoms with Crippen LogP contribution < -0.4 is 5.32 Å². The molecule has 0 aliphatic carbocycles. The first kappa shape index (κ1) is 37.4. The molecule has 3 aromatic rings. The molecule has 0 saturated carbocycles. The molecule has 14 nitrogen and oxygen atoms in total. The maximum absolute atomic E-state index is 12.9. The summed E-state index contributed by atoms with van der Waals surface area (Å²) in [5, 5.41) is 47.6. The molecular weight excluding hydrogens is 710 g/mol. The Morgan fingerprint density at radius 3 is 2.35 bits per heavy atom. The second-order valence-corrected chi connectivity index (χ2v) is 13.5. The van der Waals surface area contributed by atoms with Crippen molar-refractivity contribution in [2.24, 2.45) is 0 Å². The molecule has 11 atom stereocenters. The number of benzene rings is 3. The van der Waals surface area contributed by atoms with Crippen LogP contribution in [0.2, 0.25) is 5.02 Å². The zero-order valence-corrected chi connectivity index (χ0v) is 28.8. The average molecular weight is 748 g/mol. The standard InChI is InChI=1S/C35H38ClNO13S/c1-44-35(43)37-22-14-18(12-13-21(22)36)17-51-34-28(41)26(39)30(24(48-34)15-45-31(42)19-8-4-2-5-9-19)50-33-27(40)25(38)29-23(47-33)16-46-32(49-29)20-10-6-3-7-11-20/h2-14,23-30,32-34,38-41H,15-17H2,1H3,(H,37,43)/t23-,24-,25-,26-,27-,28-,29-,30-,32?,33-,34+/m1/s1. The highest BCUT2D eigenvalue weighted by molar-refractivity contribution is 7.99. The van der Waals surface area contributed by atoms with E-state index in [2.05, 4.69) is 10.1 Å². The summed E-state index contributed by atoms with van der Waals surface area (Å²) >= 11 is 7.34. The number of hydrogen-bond donors (Lipinski definition) is 5. The molecule has 5 N–H and O–H groups in total. The van der Waals surface area contributed by atoms with E-state index in [1.807, 2.05) is 30.3 Å². The second-order valence-electron chi connectivity index (χ2n) is 12.0. The van der Waals surface area contributed by atoms with Crippen LogP contribution in [0.15, 0.2) is 78.9 Å². The number of methoxy groups -OCH3 is 1. The predicted molar refractivity (Wildman–Crippen MR) is 182 cm³/mol. The van der Waals surface area contributed by atoms with Gasteiger partial charge in [0.2, 0.25) is 0 Å². The van der Waals surface area contributed by atoms with Crippen molar-refractivity contribution in [3.05, 3.63) is 101 Å². The number of hydrogen-bond acceptors (Lipinski definition) is 14. The molecule has 3 saturated heterocycles. The largest absolute Gasteiger partial charge is 0.459 e. The van der Waals surface area contributed by atoms with Crippen LogP contribution in [0.1, 0.15) is 27.8 Å². The summed E-state index contributed by atoms with van der Waals surface area (Å²) in [5.41, 5.74) is 0.964. The van der Waals surface area contributed by atoms with Crippen molar-refractivity contribution in [3.8, 4) is 0 Å². The number of anilines is 1. The highest BCUT2D eigenvalue weighted by Gasteiger charge is 2.53. The Bertz CT molecular complexity index is 1620. The number of esters is 1. The number of amides is 1. The van der Waals surface area contributed by atoms with Crippen molar-refractivity contribution < 1.29 is 63.2 Å². The fraction of sp³-hybridized carbons (Fsp3) is 0.429. The quantitative estimate of drug-likeness (QED) is 0.190. The Morgan fingerprint density at radius 2 is 1.63 bits per heavy atom. The first-order valence-corrected chi connectivity index (χ1v) is 17.5. The van der Waals surface area contributed by atoms with E-state index in [1.165, 1.54) is 7.11 Å². The molecule has 3 heterocycles. The van der Waals surface area contributed by atoms with Gasteiger partial charge in [-0.3, -0.25) is 5.32 Å². The van der Waals surface area contributed by atoms with Crippen molar-refractivity contribution >= 4 is 41.1 Å². The van der Waals surface area contributed by atoms with Crippen molar-refractivity contribution in [1.82, 2.24) is 0 Å². The number of fused-ring (bicyclic) bond motifs is 1. The van der Waals surface area contributed by atoms with E-state index >= 15 is 0 Å². The molecule has 51 heavy (non-hydrogen) atoms. The lowest BCUT2D eigenvalue weighted by Crippen LogP contribution is -2.65. The average Bonchev–Trinajstić information content (AvgIpc) is 3.16. The number of rotatable bonds is 10. The zero-order chi connectivity index (χ0) is 36.1. The number of aliphatic hydroxyl groups excluding tert-OH is 4. The molecule has 3 fully saturated rings. The fourth-order valence-corrected chi connectivity index (χ4v) is 7.16. The first-order valence-electron chi connectivity index (χ1n) is 16.1. The fourth-order valence-electron chi connectivity index (χ4n) is 5.88. The van der Waals surface area contributed by atoms with E-state index in [1.54, 1.807) is 48.5 Å². The van der Waals surface area contributed by atoms with Gasteiger partial charge in [0, 0.05) is 11.3 Å². The highest BCUT2D eigenvalue weighted by atomic mass is 35.5. The Labute approximate surface area is 302 Å². The van der Waals surface area contributed by atoms with Gasteiger partial charge in [-0.15, -0.1) is 11.8 Å². The van der Waals surface area contributed by atoms with Crippen LogP contribution in [0, 0.1) is 0 Å². The van der Waals surface area contributed by atoms with Gasteiger partial charge in [0.25, 0.3) is 0 Å². The summed E-state index contributed by atoms with van der Waals surface area (Å²) in [7, 11) is 1.22. The third kappa shape index (κ3) is 8.84. The molecule has 0 spiro atoms. The minimum atomic E-state index is -1.64. The van der Waals surface area contributed by atoms with E-state index in [0.717, 1.165) is 17.3 Å². The van der Waals surface area contributed by atoms with Gasteiger partial charge in [-0.2, -0.15) is 0 Å². The maximum atomic E-state index is 12.9. The van der Waals surface area contributed by atoms with Gasteiger partial charge < -0.3 is 53.6 Å². The number of carbonyl (C=O) groups is 2. The minimum absolute atomic E-state index is 0.00138. The highest BCUT2D eigenvalue weighted by Crippen LogP contribution is 2.38. The van der Waals surface area contributed by atoms with E-state index in [-0.39, 0.29) is 22.9 Å². The summed E-state index contributed by atoms with van der Waals surface area (Å²) in [5.74, 6) is -0.418. The van der Waals surface area contributed by atoms with Gasteiger partial charge >= 0.3 is 12.1 Å². The minimum Gasteiger partial charge on any atom is -0.459 e. The molecule has 274 valence electrons. The summed E-state index contributed by atoms with van der Waals surface area (Å²) in [6.07, 6.45) is -13.6. The van der Waals surface area contributed by atoms with Crippen molar-refractivity contribution in [2.75, 3.05) is 25.6 Å². The van der Waals surface area contributed by atoms with Crippen LogP contribution in [-0.2, 0) is 38.9 Å². The van der Waals surface area contributed by atoms with Crippen molar-refractivity contribution in [3.63, 3.8) is 0 Å². The lowest BCUT2D eigenvalue weighted by atomic mass is 9.96. The van der Waals surface area contributed by atoms with Crippen LogP contribution in [0.4, 0.5) is 10.5 Å². The van der Waals surface area contributed by atoms with E-state index in [9.17, 15) is 30.0 Å². The molecule has 6 rings (SSSR count). The van der Waals surface area contributed by atoms with Crippen molar-refractivity contribution in [1.29, 1.82) is 0 Å². The molecule has 1 amide bonds. The predicted octanol–water partition coefficient (Wildman–Crippen LogP) is 3.00. The van der Waals surface area contributed by atoms with Crippen LogP contribution in [0.3, 0.4) is 0 Å². The van der Waals surface area contributed by atoms with Gasteiger partial charge in [-0.1, -0.05) is 66.2 Å². The molecule has 0 aromatic heterocycles. The van der Waals surface area contributed by atoms with E-state index < -0.39 is 85.5 Å². The molecular formula is C35H38ClNO13S. The Hall–Kier alpha value is -3.32. The molecule has 0 bridgehead atoms. The van der Waals surface area contributed by atoms with Crippen molar-refractivity contribution in [2.45, 2.75) is 72.6 Å². The van der Waals surface area contributed by atoms with Gasteiger partial charge in [0.15, 0.2) is 12.6 Å². The van der Waals surface area contributed by atoms with Crippen LogP contribution in [-0.4, -0.2) is 113 Å². The number of aliphatic hydroxyl groups is 4. The van der Waals surface area contributed by atoms with Gasteiger partial charge in [-0.05, 0) is 29.8 Å². The molecule has 0 radical (unpaired) electrons. The topological polar surface area (TPSA) is 192 Å². The Balaban J connectivity index is 1.15. The van der Waals surface area contributed by atoms with Crippen LogP contribution in [0.5, 0.6) is 0 Å². The lowest BCUT2D eigenvalue weighted by molar-refractivity contribution is -0.377. The summed E-state index contributed by atoms with van der Waals surface area (Å²) in [4.78, 5) is 24.6. The van der Waals surface area contributed by atoms with Crippen LogP contribution in [0.25, 0.3) is 0 Å². The third-order valence-electron chi connectivity index (χ3n) is 8.59. The number of halogens is 1. The summed E-state index contributed by atoms with van der Waals surface area (Å²) < 4.78 is 40.2. The SMILES string of the molecule is COC(=O)Nc1cc(CS[C@@H]2O[C@H](COC(=O)c3ccccc3)[C@@H](O[C@H]3O[C@@H]4COC(c5ccccc5)O[C@H]4[C@H](O)[C@H]3O)[C@H](O)[C@H]2O)ccc1Cl. The molecule has 3 aliphatic heterocycles. The van der Waals surface area contributed by atoms with E-state index in [4.69, 9.17) is 40.0 Å². The molecule has 16 heteroatoms. The van der Waals surface area contributed by atoms with E-state index in [0.29, 0.717) is 11.3 Å². The summed E-state index contributed by atoms with van der Waals surface area (Å²) in [6, 6.07) is 22.3.